The molecule has 0 radical (unpaired) electrons. The number of rotatable bonds is 12. The Labute approximate surface area is 321 Å². The van der Waals surface area contributed by atoms with E-state index in [2.05, 4.69) is 15.7 Å². The first-order valence-electron chi connectivity index (χ1n) is 16.9. The molecule has 0 bridgehead atoms. The maximum absolute atomic E-state index is 14.0. The van der Waals surface area contributed by atoms with Crippen LogP contribution in [0, 0.1) is 10.1 Å². The third-order valence-electron chi connectivity index (χ3n) is 9.38. The Balaban J connectivity index is 1.22. The van der Waals surface area contributed by atoms with Gasteiger partial charge < -0.3 is 30.3 Å². The van der Waals surface area contributed by atoms with Crippen molar-refractivity contribution in [2.45, 2.75) is 35.9 Å². The Morgan fingerprint density at radius 1 is 1.07 bits per heavy atom. The summed E-state index contributed by atoms with van der Waals surface area (Å²) >= 11 is 6.61. The minimum Gasteiger partial charge on any atom is -0.508 e. The maximum Gasteiger partial charge on any atom is 0.345 e. The fourth-order valence-corrected chi connectivity index (χ4v) is 8.20. The summed E-state index contributed by atoms with van der Waals surface area (Å²) in [6.45, 7) is 1.36. The van der Waals surface area contributed by atoms with E-state index in [1.165, 1.54) is 69.4 Å². The lowest BCUT2D eigenvalue weighted by molar-refractivity contribution is -0.384. The number of esters is 1. The molecule has 22 heteroatoms. The van der Waals surface area contributed by atoms with Crippen LogP contribution in [-0.4, -0.2) is 144 Å². The number of hydrazone groups is 1. The van der Waals surface area contributed by atoms with Crippen molar-refractivity contribution in [1.82, 2.24) is 35.2 Å². The Hall–Kier alpha value is -5.96. The number of amides is 8. The van der Waals surface area contributed by atoms with E-state index in [0.29, 0.717) is 10.5 Å². The zero-order valence-electron chi connectivity index (χ0n) is 29.0. The SMILES string of the molecule is CCN1CCN(C(=O)NC(C(=O)N[C@@H]2C(=O)N3C[C@@](C(=O)OCc4ccc([N+](=O)[O-])cc4)(N4CCN(/N=C/CCl)C4=O)S[C@H]23)c2ccc(O)cc2)C(=O)C1=O. The van der Waals surface area contributed by atoms with Crippen molar-refractivity contribution in [3.05, 3.63) is 69.8 Å². The summed E-state index contributed by atoms with van der Waals surface area (Å²) in [4.78, 5) is 107. The molecule has 0 saturated carbocycles. The number of nitro groups is 1. The molecular weight excluding hydrogens is 766 g/mol. The zero-order valence-corrected chi connectivity index (χ0v) is 30.6. The Morgan fingerprint density at radius 2 is 1.78 bits per heavy atom. The lowest BCUT2D eigenvalue weighted by Crippen LogP contribution is -2.68. The summed E-state index contributed by atoms with van der Waals surface area (Å²) in [6, 6.07) is 6.08. The number of hydrogen-bond acceptors (Lipinski definition) is 13. The maximum atomic E-state index is 14.0. The average molecular weight is 800 g/mol. The number of piperazine rings is 1. The highest BCUT2D eigenvalue weighted by molar-refractivity contribution is 8.02. The Morgan fingerprint density at radius 3 is 2.44 bits per heavy atom. The smallest absolute Gasteiger partial charge is 0.345 e. The van der Waals surface area contributed by atoms with Gasteiger partial charge in [-0.2, -0.15) is 5.10 Å². The fourth-order valence-electron chi connectivity index (χ4n) is 6.44. The molecule has 4 atom stereocenters. The first-order chi connectivity index (χ1) is 26.3. The molecule has 6 rings (SSSR count). The van der Waals surface area contributed by atoms with Crippen LogP contribution in [0.15, 0.2) is 53.6 Å². The summed E-state index contributed by atoms with van der Waals surface area (Å²) in [5.74, 6) is -4.47. The third-order valence-corrected chi connectivity index (χ3v) is 11.2. The van der Waals surface area contributed by atoms with Gasteiger partial charge in [-0.1, -0.05) is 23.9 Å². The lowest BCUT2D eigenvalue weighted by Gasteiger charge is -2.41. The third kappa shape index (κ3) is 7.43. The predicted molar refractivity (Wildman–Crippen MR) is 192 cm³/mol. The molecular formula is C33H34ClN9O11S. The number of urea groups is 2. The van der Waals surface area contributed by atoms with Crippen LogP contribution in [0.4, 0.5) is 15.3 Å². The average Bonchev–Trinajstić information content (AvgIpc) is 3.74. The number of phenols is 1. The second kappa shape index (κ2) is 15.8. The molecule has 0 aliphatic carbocycles. The Bertz CT molecular complexity index is 1950. The molecule has 2 aromatic rings. The van der Waals surface area contributed by atoms with Gasteiger partial charge >= 0.3 is 29.8 Å². The number of nitrogens with zero attached hydrogens (tertiary/aromatic N) is 7. The predicted octanol–water partition coefficient (Wildman–Crippen LogP) is 0.544. The molecule has 4 aliphatic heterocycles. The number of fused-ring (bicyclic) bond motifs is 1. The number of nitro benzene ring substituents is 1. The highest BCUT2D eigenvalue weighted by atomic mass is 35.5. The molecule has 55 heavy (non-hydrogen) atoms. The van der Waals surface area contributed by atoms with Gasteiger partial charge in [0, 0.05) is 44.5 Å². The molecule has 20 nitrogen and oxygen atoms in total. The zero-order chi connectivity index (χ0) is 39.6. The van der Waals surface area contributed by atoms with Crippen molar-refractivity contribution >= 4 is 76.9 Å². The molecule has 3 N–H and O–H groups in total. The summed E-state index contributed by atoms with van der Waals surface area (Å²) in [7, 11) is 0. The number of likely N-dealkylation sites (N-methyl/N-ethyl adjacent to an activating group) is 1. The molecule has 4 heterocycles. The van der Waals surface area contributed by atoms with Crippen molar-refractivity contribution < 1.29 is 48.3 Å². The number of thioether (sulfide) groups is 1. The fraction of sp³-hybridized carbons (Fsp3) is 0.394. The molecule has 0 spiro atoms. The van der Waals surface area contributed by atoms with Crippen LogP contribution in [0.1, 0.15) is 24.1 Å². The number of carbonyl (C=O) groups is 7. The number of hydrogen-bond donors (Lipinski definition) is 3. The van der Waals surface area contributed by atoms with Crippen LogP contribution in [0.2, 0.25) is 0 Å². The summed E-state index contributed by atoms with van der Waals surface area (Å²) in [6.07, 6.45) is 1.30. The van der Waals surface area contributed by atoms with Gasteiger partial charge in [0.15, 0.2) is 0 Å². The minimum atomic E-state index is -1.80. The number of nitrogens with one attached hydrogen (secondary N) is 2. The van der Waals surface area contributed by atoms with E-state index in [4.69, 9.17) is 16.3 Å². The van der Waals surface area contributed by atoms with Gasteiger partial charge in [0.2, 0.25) is 16.7 Å². The normalized spacial score (nSPS) is 22.8. The van der Waals surface area contributed by atoms with Crippen molar-refractivity contribution in [2.24, 2.45) is 5.10 Å². The van der Waals surface area contributed by atoms with Crippen LogP contribution in [0.3, 0.4) is 0 Å². The van der Waals surface area contributed by atoms with E-state index in [9.17, 15) is 48.8 Å². The van der Waals surface area contributed by atoms with Gasteiger partial charge in [-0.3, -0.25) is 39.1 Å². The van der Waals surface area contributed by atoms with Gasteiger partial charge in [-0.15, -0.1) is 11.6 Å². The van der Waals surface area contributed by atoms with Gasteiger partial charge in [0.05, 0.1) is 23.9 Å². The van der Waals surface area contributed by atoms with Crippen LogP contribution >= 0.6 is 23.4 Å². The highest BCUT2D eigenvalue weighted by Gasteiger charge is 2.67. The number of imide groups is 1. The van der Waals surface area contributed by atoms with Gasteiger partial charge in [-0.05, 0) is 42.3 Å². The van der Waals surface area contributed by atoms with E-state index in [1.807, 2.05) is 0 Å². The molecule has 4 fully saturated rings. The number of non-ortho nitro benzene ring substituents is 1. The number of benzene rings is 2. The molecule has 4 aliphatic rings. The number of alkyl halides is 1. The van der Waals surface area contributed by atoms with E-state index in [-0.39, 0.29) is 68.8 Å². The first-order valence-corrected chi connectivity index (χ1v) is 18.3. The van der Waals surface area contributed by atoms with Crippen molar-refractivity contribution in [1.29, 1.82) is 0 Å². The van der Waals surface area contributed by atoms with E-state index >= 15 is 0 Å². The van der Waals surface area contributed by atoms with Crippen LogP contribution in [0.25, 0.3) is 0 Å². The number of aromatic hydroxyl groups is 1. The van der Waals surface area contributed by atoms with Crippen molar-refractivity contribution in [2.75, 3.05) is 45.1 Å². The van der Waals surface area contributed by atoms with Crippen molar-refractivity contribution in [3.8, 4) is 5.75 Å². The molecule has 1 unspecified atom stereocenters. The molecule has 4 saturated heterocycles. The number of carbonyl (C=O) groups excluding carboxylic acids is 7. The number of halogens is 1. The lowest BCUT2D eigenvalue weighted by atomic mass is 10.0. The van der Waals surface area contributed by atoms with E-state index in [0.717, 1.165) is 16.8 Å². The highest BCUT2D eigenvalue weighted by Crippen LogP contribution is 2.50. The largest absolute Gasteiger partial charge is 0.508 e. The summed E-state index contributed by atoms with van der Waals surface area (Å²) < 4.78 is 5.65. The quantitative estimate of drug-likeness (QED) is 0.0507. The van der Waals surface area contributed by atoms with Crippen molar-refractivity contribution in [3.63, 3.8) is 0 Å². The second-order valence-corrected chi connectivity index (χ2v) is 14.3. The van der Waals surface area contributed by atoms with E-state index < -0.39 is 68.9 Å². The monoisotopic (exact) mass is 799 g/mol. The topological polar surface area (TPSA) is 245 Å². The van der Waals surface area contributed by atoms with Crippen LogP contribution in [-0.2, 0) is 35.3 Å². The van der Waals surface area contributed by atoms with Gasteiger partial charge in [0.25, 0.3) is 5.69 Å². The molecule has 0 aromatic heterocycles. The molecule has 8 amide bonds. The standard InChI is InChI=1S/C33H34ClN9O11S/c1-2-38-13-14-39(28(48)27(38)47)31(50)37-23(20-5-9-22(44)10-6-20)25(45)36-24-26(46)40-18-33(55-29(24)40,41-15-16-42(32(41)51)35-12-11-34)30(49)54-17-19-3-7-21(8-4-19)43(52)53/h3-10,12,23-24,29,44H,2,11,13-18H2,1H3,(H,36,45)(H,37,50)/b35-12+/t23?,24-,29-,33-/m1/s1. The van der Waals surface area contributed by atoms with E-state index in [1.54, 1.807) is 6.92 Å². The molecule has 290 valence electrons. The summed E-state index contributed by atoms with van der Waals surface area (Å²) in [5.41, 5.74) is 0.421. The number of β-lactam (4-membered cyclic amide) rings is 1. The molecule has 2 aromatic carbocycles. The summed E-state index contributed by atoms with van der Waals surface area (Å²) in [5, 5.41) is 30.3. The number of ether oxygens (including phenoxy) is 1. The van der Waals surface area contributed by atoms with Crippen LogP contribution < -0.4 is 10.6 Å². The number of phenolic OH excluding ortho intramolecular Hbond substituents is 1. The minimum absolute atomic E-state index is 0.00651. The first kappa shape index (κ1) is 38.8. The van der Waals surface area contributed by atoms with Gasteiger partial charge in [0.1, 0.15) is 29.8 Å². The Kier molecular flexibility index (Phi) is 11.1. The van der Waals surface area contributed by atoms with Crippen LogP contribution in [0.5, 0.6) is 5.75 Å². The van der Waals surface area contributed by atoms with Gasteiger partial charge in [-0.25, -0.2) is 19.4 Å². The second-order valence-electron chi connectivity index (χ2n) is 12.6.